The van der Waals surface area contributed by atoms with Crippen LogP contribution in [0.3, 0.4) is 0 Å². The van der Waals surface area contributed by atoms with Gasteiger partial charge in [0.1, 0.15) is 0 Å². The maximum atomic E-state index is 11.1. The number of hydrogen-bond donors (Lipinski definition) is 3. The first-order valence-electron chi connectivity index (χ1n) is 3.42. The molecule has 1 rings (SSSR count). The highest BCUT2D eigenvalue weighted by Crippen LogP contribution is 2.28. The lowest BCUT2D eigenvalue weighted by Gasteiger charge is -2.05. The van der Waals surface area contributed by atoms with Crippen LogP contribution in [0.15, 0.2) is 30.3 Å². The summed E-state index contributed by atoms with van der Waals surface area (Å²) in [5, 5.41) is 1.56. The Balaban J connectivity index is 2.76. The molecule has 3 N–H and O–H groups in total. The Bertz CT molecular complexity index is 345. The van der Waals surface area contributed by atoms with E-state index in [0.717, 1.165) is 0 Å². The van der Waals surface area contributed by atoms with E-state index >= 15 is 0 Å². The monoisotopic (exact) mass is 201 g/mol. The molecular weight excluding hydrogens is 193 g/mol. The molecule has 1 aromatic carbocycles. The zero-order chi connectivity index (χ0) is 9.90. The first-order valence-corrected chi connectivity index (χ1v) is 5.03. The molecule has 1 amide bonds. The number of nitrogens with one attached hydrogen (secondary N) is 1. The lowest BCUT2D eigenvalue weighted by molar-refractivity contribution is 0.0972. The summed E-state index contributed by atoms with van der Waals surface area (Å²) in [6, 6.07) is 7.84. The van der Waals surface area contributed by atoms with E-state index in [4.69, 9.17) is 9.79 Å². The van der Waals surface area contributed by atoms with Crippen molar-refractivity contribution in [3.05, 3.63) is 35.9 Å². The second kappa shape index (κ2) is 3.70. The molecule has 0 saturated carbocycles. The molecule has 0 spiro atoms. The van der Waals surface area contributed by atoms with Crippen molar-refractivity contribution >= 4 is 13.7 Å². The molecule has 0 fully saturated rings. The van der Waals surface area contributed by atoms with Crippen molar-refractivity contribution in [2.45, 2.75) is 0 Å². The third-order valence-corrected chi connectivity index (χ3v) is 1.78. The van der Waals surface area contributed by atoms with Gasteiger partial charge in [0.05, 0.1) is 0 Å². The highest BCUT2D eigenvalue weighted by Gasteiger charge is 2.17. The Morgan fingerprint density at radius 3 is 2.23 bits per heavy atom. The molecule has 0 unspecified atom stereocenters. The molecule has 0 aliphatic heterocycles. The number of carbonyl (C=O) groups is 1. The van der Waals surface area contributed by atoms with Gasteiger partial charge in [-0.05, 0) is 12.1 Å². The molecule has 0 aliphatic carbocycles. The van der Waals surface area contributed by atoms with Gasteiger partial charge in [-0.2, -0.15) is 0 Å². The van der Waals surface area contributed by atoms with Gasteiger partial charge in [0, 0.05) is 5.56 Å². The minimum Gasteiger partial charge on any atom is -0.308 e. The van der Waals surface area contributed by atoms with Crippen LogP contribution >= 0.6 is 7.75 Å². The second-order valence-corrected chi connectivity index (χ2v) is 3.66. The van der Waals surface area contributed by atoms with Crippen LogP contribution in [-0.4, -0.2) is 15.7 Å². The highest BCUT2D eigenvalue weighted by molar-refractivity contribution is 7.50. The number of amides is 1. The van der Waals surface area contributed by atoms with Crippen molar-refractivity contribution in [3.63, 3.8) is 0 Å². The zero-order valence-corrected chi connectivity index (χ0v) is 7.44. The summed E-state index contributed by atoms with van der Waals surface area (Å²) in [4.78, 5) is 27.9. The Morgan fingerprint density at radius 1 is 1.23 bits per heavy atom. The van der Waals surface area contributed by atoms with Crippen LogP contribution in [0, 0.1) is 0 Å². The summed E-state index contributed by atoms with van der Waals surface area (Å²) in [6.45, 7) is 0. The van der Waals surface area contributed by atoms with Gasteiger partial charge in [-0.3, -0.25) is 9.88 Å². The number of rotatable bonds is 2. The Morgan fingerprint density at radius 2 is 1.77 bits per heavy atom. The highest BCUT2D eigenvalue weighted by atomic mass is 31.2. The van der Waals surface area contributed by atoms with E-state index < -0.39 is 13.7 Å². The van der Waals surface area contributed by atoms with E-state index in [1.165, 1.54) is 12.1 Å². The third-order valence-electron chi connectivity index (χ3n) is 1.28. The zero-order valence-electron chi connectivity index (χ0n) is 6.54. The van der Waals surface area contributed by atoms with Crippen LogP contribution in [-0.2, 0) is 4.57 Å². The van der Waals surface area contributed by atoms with Gasteiger partial charge < -0.3 is 9.79 Å². The Labute approximate surface area is 74.6 Å². The molecule has 5 nitrogen and oxygen atoms in total. The normalized spacial score (nSPS) is 10.9. The Hall–Kier alpha value is -1.16. The summed E-state index contributed by atoms with van der Waals surface area (Å²) in [5.41, 5.74) is 0.214. The minimum atomic E-state index is -4.49. The van der Waals surface area contributed by atoms with E-state index in [0.29, 0.717) is 0 Å². The topological polar surface area (TPSA) is 86.6 Å². The molecule has 0 radical (unpaired) electrons. The fourth-order valence-electron chi connectivity index (χ4n) is 0.786. The van der Waals surface area contributed by atoms with E-state index in [2.05, 4.69) is 0 Å². The fourth-order valence-corrected chi connectivity index (χ4v) is 1.18. The van der Waals surface area contributed by atoms with Crippen molar-refractivity contribution in [2.75, 3.05) is 0 Å². The third kappa shape index (κ3) is 3.38. The maximum absolute atomic E-state index is 11.1. The second-order valence-electron chi connectivity index (χ2n) is 2.35. The van der Waals surface area contributed by atoms with E-state index in [1.54, 1.807) is 23.3 Å². The molecule has 70 valence electrons. The molecule has 13 heavy (non-hydrogen) atoms. The van der Waals surface area contributed by atoms with Crippen molar-refractivity contribution in [1.29, 1.82) is 0 Å². The smallest absolute Gasteiger partial charge is 0.308 e. The Kier molecular flexibility index (Phi) is 2.83. The minimum absolute atomic E-state index is 0.214. The van der Waals surface area contributed by atoms with Crippen molar-refractivity contribution in [2.24, 2.45) is 0 Å². The summed E-state index contributed by atoms with van der Waals surface area (Å²) in [7, 11) is -4.49. The lowest BCUT2D eigenvalue weighted by Crippen LogP contribution is -2.19. The average molecular weight is 201 g/mol. The first kappa shape index (κ1) is 9.92. The molecule has 1 aromatic rings. The molecule has 0 aliphatic rings. The van der Waals surface area contributed by atoms with Gasteiger partial charge in [0.15, 0.2) is 0 Å². The van der Waals surface area contributed by atoms with Crippen molar-refractivity contribution in [3.8, 4) is 0 Å². The summed E-state index contributed by atoms with van der Waals surface area (Å²) in [6.07, 6.45) is 0. The van der Waals surface area contributed by atoms with Gasteiger partial charge in [0.25, 0.3) is 5.91 Å². The summed E-state index contributed by atoms with van der Waals surface area (Å²) < 4.78 is 10.4. The van der Waals surface area contributed by atoms with Crippen molar-refractivity contribution in [1.82, 2.24) is 5.09 Å². The van der Waals surface area contributed by atoms with Crippen molar-refractivity contribution < 1.29 is 19.1 Å². The SMILES string of the molecule is O=C(NP(=O)(O)O)c1ccccc1. The van der Waals surface area contributed by atoms with Crippen LogP contribution in [0.5, 0.6) is 0 Å². The summed E-state index contributed by atoms with van der Waals surface area (Å²) in [5.74, 6) is -0.783. The molecule has 0 bridgehead atoms. The molecule has 0 aromatic heterocycles. The lowest BCUT2D eigenvalue weighted by atomic mass is 10.2. The van der Waals surface area contributed by atoms with E-state index in [1.807, 2.05) is 0 Å². The van der Waals surface area contributed by atoms with E-state index in [-0.39, 0.29) is 5.56 Å². The average Bonchev–Trinajstić information content (AvgIpc) is 2.03. The van der Waals surface area contributed by atoms with Crippen LogP contribution in [0.25, 0.3) is 0 Å². The van der Waals surface area contributed by atoms with Crippen LogP contribution in [0.4, 0.5) is 0 Å². The summed E-state index contributed by atoms with van der Waals surface area (Å²) >= 11 is 0. The first-order chi connectivity index (χ1) is 5.99. The standard InChI is InChI=1S/C7H8NO4P/c9-7(8-13(10,11)12)6-4-2-1-3-5-6/h1-5H,(H3,8,9,10,11,12). The van der Waals surface area contributed by atoms with Gasteiger partial charge in [-0.25, -0.2) is 4.57 Å². The van der Waals surface area contributed by atoms with Gasteiger partial charge >= 0.3 is 7.75 Å². The van der Waals surface area contributed by atoms with E-state index in [9.17, 15) is 9.36 Å². The molecule has 0 saturated heterocycles. The number of hydrogen-bond acceptors (Lipinski definition) is 2. The van der Waals surface area contributed by atoms with Gasteiger partial charge in [-0.15, -0.1) is 0 Å². The van der Waals surface area contributed by atoms with Gasteiger partial charge in [0.2, 0.25) is 0 Å². The quantitative estimate of drug-likeness (QED) is 0.608. The fraction of sp³-hybridized carbons (Fsp3) is 0. The van der Waals surface area contributed by atoms with Crippen LogP contribution in [0.2, 0.25) is 0 Å². The molecule has 0 atom stereocenters. The molecule has 0 heterocycles. The van der Waals surface area contributed by atoms with Crippen LogP contribution in [0.1, 0.15) is 10.4 Å². The largest absolute Gasteiger partial charge is 0.430 e. The molecule has 6 heteroatoms. The maximum Gasteiger partial charge on any atom is 0.430 e. The molecular formula is C7H8NO4P. The van der Waals surface area contributed by atoms with Gasteiger partial charge in [-0.1, -0.05) is 18.2 Å². The number of benzene rings is 1. The van der Waals surface area contributed by atoms with Crippen LogP contribution < -0.4 is 5.09 Å². The predicted octanol–water partition coefficient (Wildman–Crippen LogP) is 0.509. The number of carbonyl (C=O) groups excluding carboxylic acids is 1. The predicted molar refractivity (Wildman–Crippen MR) is 46.0 cm³/mol.